The maximum atomic E-state index is 6.32. The van der Waals surface area contributed by atoms with Gasteiger partial charge >= 0.3 is 7.12 Å². The number of benzene rings is 1. The fraction of sp³-hybridized carbons (Fsp3) is 0.455. The van der Waals surface area contributed by atoms with Crippen LogP contribution in [-0.4, -0.2) is 40.2 Å². The molecule has 4 rings (SSSR count). The molecular formula is C22H28BN3O3. The van der Waals surface area contributed by atoms with Crippen LogP contribution in [-0.2, 0) is 15.9 Å². The molecular weight excluding hydrogens is 365 g/mol. The van der Waals surface area contributed by atoms with E-state index in [-0.39, 0.29) is 0 Å². The molecule has 7 heteroatoms. The van der Waals surface area contributed by atoms with Crippen LogP contribution in [0.1, 0.15) is 44.6 Å². The van der Waals surface area contributed by atoms with E-state index in [1.165, 1.54) is 0 Å². The van der Waals surface area contributed by atoms with Gasteiger partial charge < -0.3 is 14.0 Å². The molecule has 6 nitrogen and oxygen atoms in total. The average Bonchev–Trinajstić information content (AvgIpc) is 3.07. The van der Waals surface area contributed by atoms with Gasteiger partial charge in [0.2, 0.25) is 0 Å². The molecule has 1 aromatic carbocycles. The normalized spacial score (nSPS) is 17.8. The third-order valence-corrected chi connectivity index (χ3v) is 6.03. The maximum absolute atomic E-state index is 6.32. The Morgan fingerprint density at radius 2 is 1.66 bits per heavy atom. The number of hydrogen-bond donors (Lipinski definition) is 0. The van der Waals surface area contributed by atoms with Crippen molar-refractivity contribution in [2.24, 2.45) is 0 Å². The maximum Gasteiger partial charge on any atom is 0.495 e. The fourth-order valence-corrected chi connectivity index (χ4v) is 3.69. The SMILES string of the molecule is COc1ccc(Cn2nc(C)c3c(B4OC(C)(C)C(C)(C)O4)cc(C)nc32)cc1. The molecule has 1 aliphatic rings. The van der Waals surface area contributed by atoms with Gasteiger partial charge in [-0.2, -0.15) is 5.10 Å². The Balaban J connectivity index is 1.76. The summed E-state index contributed by atoms with van der Waals surface area (Å²) in [6.07, 6.45) is 0. The molecule has 2 aromatic heterocycles. The molecule has 1 fully saturated rings. The Bertz CT molecular complexity index is 1040. The van der Waals surface area contributed by atoms with Gasteiger partial charge in [-0.25, -0.2) is 9.67 Å². The predicted molar refractivity (Wildman–Crippen MR) is 115 cm³/mol. The van der Waals surface area contributed by atoms with Crippen molar-refractivity contribution in [3.63, 3.8) is 0 Å². The Kier molecular flexibility index (Phi) is 4.71. The zero-order valence-electron chi connectivity index (χ0n) is 18.2. The second kappa shape index (κ2) is 6.85. The number of nitrogens with zero attached hydrogens (tertiary/aromatic N) is 3. The molecule has 29 heavy (non-hydrogen) atoms. The standard InChI is InChI=1S/C22H28BN3O3/c1-14-12-18(23-28-21(3,4)22(5,6)29-23)19-15(2)25-26(20(19)24-14)13-16-8-10-17(27-7)11-9-16/h8-12H,13H2,1-7H3. The number of hydrogen-bond acceptors (Lipinski definition) is 5. The van der Waals surface area contributed by atoms with Crippen molar-refractivity contribution in [3.8, 4) is 5.75 Å². The lowest BCUT2D eigenvalue weighted by atomic mass is 9.77. The monoisotopic (exact) mass is 393 g/mol. The first-order valence-corrected chi connectivity index (χ1v) is 9.94. The Morgan fingerprint density at radius 1 is 1.03 bits per heavy atom. The molecule has 1 aliphatic heterocycles. The largest absolute Gasteiger partial charge is 0.497 e. The summed E-state index contributed by atoms with van der Waals surface area (Å²) in [5.41, 5.74) is 4.02. The van der Waals surface area contributed by atoms with Gasteiger partial charge in [-0.3, -0.25) is 0 Å². The van der Waals surface area contributed by atoms with E-state index in [0.29, 0.717) is 6.54 Å². The highest BCUT2D eigenvalue weighted by Gasteiger charge is 2.52. The van der Waals surface area contributed by atoms with Crippen LogP contribution in [0.5, 0.6) is 5.75 Å². The van der Waals surface area contributed by atoms with E-state index in [4.69, 9.17) is 24.1 Å². The average molecular weight is 393 g/mol. The number of methoxy groups -OCH3 is 1. The minimum Gasteiger partial charge on any atom is -0.497 e. The molecule has 0 radical (unpaired) electrons. The zero-order chi connectivity index (χ0) is 21.0. The molecule has 0 N–H and O–H groups in total. The van der Waals surface area contributed by atoms with Crippen LogP contribution in [0.2, 0.25) is 0 Å². The van der Waals surface area contributed by atoms with Crippen LogP contribution in [0.3, 0.4) is 0 Å². The van der Waals surface area contributed by atoms with Gasteiger partial charge in [0.15, 0.2) is 5.65 Å². The van der Waals surface area contributed by atoms with E-state index in [0.717, 1.165) is 39.2 Å². The molecule has 0 aliphatic carbocycles. The third kappa shape index (κ3) is 3.42. The van der Waals surface area contributed by atoms with E-state index in [1.807, 2.05) is 42.8 Å². The van der Waals surface area contributed by atoms with Crippen LogP contribution in [0.25, 0.3) is 11.0 Å². The molecule has 0 saturated carbocycles. The van der Waals surface area contributed by atoms with Crippen LogP contribution in [0, 0.1) is 13.8 Å². The molecule has 3 aromatic rings. The molecule has 3 heterocycles. The van der Waals surface area contributed by atoms with Gasteiger partial charge in [-0.05, 0) is 70.8 Å². The molecule has 1 saturated heterocycles. The van der Waals surface area contributed by atoms with Crippen LogP contribution >= 0.6 is 0 Å². The van der Waals surface area contributed by atoms with Crippen LogP contribution in [0.15, 0.2) is 30.3 Å². The number of ether oxygens (including phenoxy) is 1. The third-order valence-electron chi connectivity index (χ3n) is 6.03. The van der Waals surface area contributed by atoms with Gasteiger partial charge in [0.1, 0.15) is 5.75 Å². The van der Waals surface area contributed by atoms with Crippen molar-refractivity contribution in [3.05, 3.63) is 47.3 Å². The molecule has 0 atom stereocenters. The van der Waals surface area contributed by atoms with E-state index in [1.54, 1.807) is 7.11 Å². The molecule has 0 unspecified atom stereocenters. The first-order valence-electron chi connectivity index (χ1n) is 9.94. The van der Waals surface area contributed by atoms with E-state index < -0.39 is 18.3 Å². The topological polar surface area (TPSA) is 58.4 Å². The van der Waals surface area contributed by atoms with Crippen molar-refractivity contribution in [1.82, 2.24) is 14.8 Å². The van der Waals surface area contributed by atoms with Crippen LogP contribution in [0.4, 0.5) is 0 Å². The van der Waals surface area contributed by atoms with E-state index >= 15 is 0 Å². The molecule has 0 bridgehead atoms. The quantitative estimate of drug-likeness (QED) is 0.636. The molecule has 152 valence electrons. The Hall–Kier alpha value is -2.38. The summed E-state index contributed by atoms with van der Waals surface area (Å²) in [4.78, 5) is 4.80. The highest BCUT2D eigenvalue weighted by Crippen LogP contribution is 2.37. The summed E-state index contributed by atoms with van der Waals surface area (Å²) in [6.45, 7) is 12.9. The van der Waals surface area contributed by atoms with Crippen molar-refractivity contribution < 1.29 is 14.0 Å². The molecule has 0 spiro atoms. The Labute approximate surface area is 172 Å². The lowest BCUT2D eigenvalue weighted by Gasteiger charge is -2.32. The number of aryl methyl sites for hydroxylation is 2. The summed E-state index contributed by atoms with van der Waals surface area (Å²) in [5, 5.41) is 5.79. The van der Waals surface area contributed by atoms with Gasteiger partial charge in [0.05, 0.1) is 30.6 Å². The molecule has 0 amide bonds. The van der Waals surface area contributed by atoms with Crippen LogP contribution < -0.4 is 10.2 Å². The first-order chi connectivity index (χ1) is 13.6. The lowest BCUT2D eigenvalue weighted by molar-refractivity contribution is 0.00578. The van der Waals surface area contributed by atoms with Gasteiger partial charge in [-0.15, -0.1) is 0 Å². The summed E-state index contributed by atoms with van der Waals surface area (Å²) < 4.78 is 19.8. The minimum absolute atomic E-state index is 0.395. The van der Waals surface area contributed by atoms with Crippen molar-refractivity contribution in [1.29, 1.82) is 0 Å². The van der Waals surface area contributed by atoms with Crippen molar-refractivity contribution >= 4 is 23.6 Å². The smallest absolute Gasteiger partial charge is 0.495 e. The number of aromatic nitrogens is 3. The lowest BCUT2D eigenvalue weighted by Crippen LogP contribution is -2.41. The fourth-order valence-electron chi connectivity index (χ4n) is 3.69. The number of rotatable bonds is 4. The minimum atomic E-state index is -0.443. The van der Waals surface area contributed by atoms with Gasteiger partial charge in [0.25, 0.3) is 0 Å². The number of pyridine rings is 1. The van der Waals surface area contributed by atoms with Crippen molar-refractivity contribution in [2.45, 2.75) is 59.3 Å². The van der Waals surface area contributed by atoms with E-state index in [9.17, 15) is 0 Å². The summed E-state index contributed by atoms with van der Waals surface area (Å²) in [7, 11) is 1.23. The second-order valence-electron chi connectivity index (χ2n) is 8.73. The highest BCUT2D eigenvalue weighted by molar-refractivity contribution is 6.65. The number of fused-ring (bicyclic) bond motifs is 1. The van der Waals surface area contributed by atoms with Crippen molar-refractivity contribution in [2.75, 3.05) is 7.11 Å². The van der Waals surface area contributed by atoms with Gasteiger partial charge in [0, 0.05) is 11.1 Å². The summed E-state index contributed by atoms with van der Waals surface area (Å²) >= 11 is 0. The predicted octanol–water partition coefficient (Wildman–Crippen LogP) is 3.40. The zero-order valence-corrected chi connectivity index (χ0v) is 18.2. The highest BCUT2D eigenvalue weighted by atomic mass is 16.7. The summed E-state index contributed by atoms with van der Waals surface area (Å²) in [6, 6.07) is 10.1. The van der Waals surface area contributed by atoms with E-state index in [2.05, 4.69) is 33.8 Å². The van der Waals surface area contributed by atoms with Gasteiger partial charge in [-0.1, -0.05) is 12.1 Å². The second-order valence-corrected chi connectivity index (χ2v) is 8.73. The summed E-state index contributed by atoms with van der Waals surface area (Å²) in [5.74, 6) is 0.840. The Morgan fingerprint density at radius 3 is 2.24 bits per heavy atom. The first kappa shape index (κ1) is 19.9.